The summed E-state index contributed by atoms with van der Waals surface area (Å²) in [5, 5.41) is 20.4. The van der Waals surface area contributed by atoms with E-state index in [4.69, 9.17) is 0 Å². The number of halogens is 12. The van der Waals surface area contributed by atoms with Crippen LogP contribution in [-0.4, -0.2) is 88.8 Å². The van der Waals surface area contributed by atoms with E-state index in [1.54, 1.807) is 0 Å². The molecule has 0 amide bonds. The van der Waals surface area contributed by atoms with Gasteiger partial charge in [0.1, 0.15) is 26.4 Å². The van der Waals surface area contributed by atoms with Crippen LogP contribution in [0.4, 0.5) is 52.7 Å². The Morgan fingerprint density at radius 2 is 0.586 bits per heavy atom. The number of hydrogen-bond acceptors (Lipinski definition) is 6. The van der Waals surface area contributed by atoms with E-state index in [9.17, 15) is 62.7 Å². The molecule has 0 unspecified atom stereocenters. The van der Waals surface area contributed by atoms with E-state index >= 15 is 0 Å². The maximum atomic E-state index is 11.3. The first-order valence-electron chi connectivity index (χ1n) is 6.25. The van der Waals surface area contributed by atoms with Crippen molar-refractivity contribution in [3.05, 3.63) is 0 Å². The van der Waals surface area contributed by atoms with E-state index in [0.29, 0.717) is 0 Å². The van der Waals surface area contributed by atoms with Crippen LogP contribution in [0.1, 0.15) is 0 Å². The zero-order chi connectivity index (χ0) is 22.8. The van der Waals surface area contributed by atoms with Gasteiger partial charge in [0.15, 0.2) is 0 Å². The fourth-order valence-corrected chi connectivity index (χ4v) is 0.746. The van der Waals surface area contributed by atoms with Crippen molar-refractivity contribution in [2.45, 2.75) is 24.7 Å². The van der Waals surface area contributed by atoms with Crippen LogP contribution < -0.4 is 10.0 Å². The molecule has 0 saturated heterocycles. The second kappa shape index (κ2) is 14.0. The van der Waals surface area contributed by atoms with Gasteiger partial charge in [0, 0.05) is 0 Å². The molecule has 0 atom stereocenters. The zero-order valence-electron chi connectivity index (χ0n) is 13.7. The van der Waals surface area contributed by atoms with Gasteiger partial charge in [-0.2, -0.15) is 52.7 Å². The van der Waals surface area contributed by atoms with Gasteiger partial charge >= 0.3 is 62.4 Å². The minimum atomic E-state index is -4.77. The van der Waals surface area contributed by atoms with Crippen molar-refractivity contribution >= 4 is 37.7 Å². The summed E-state index contributed by atoms with van der Waals surface area (Å²) in [4.78, 5) is 0. The Balaban J connectivity index is -0.000000451. The van der Waals surface area contributed by atoms with Crippen LogP contribution in [0.5, 0.6) is 0 Å². The molecule has 168 valence electrons. The third-order valence-corrected chi connectivity index (χ3v) is 1.53. The van der Waals surface area contributed by atoms with Gasteiger partial charge < -0.3 is 28.7 Å². The maximum Gasteiger partial charge on any atom is 2.00 e. The molecule has 0 rings (SSSR count). The third kappa shape index (κ3) is 32.7. The van der Waals surface area contributed by atoms with E-state index < -0.39 is 65.8 Å². The molecule has 21 heteroatoms. The van der Waals surface area contributed by atoms with Gasteiger partial charge in [-0.1, -0.05) is 0 Å². The smallest absolute Gasteiger partial charge is 0.832 e. The minimum Gasteiger partial charge on any atom is -0.832 e. The summed E-state index contributed by atoms with van der Waals surface area (Å²) in [6.45, 7) is -7.78. The van der Waals surface area contributed by atoms with Crippen LogP contribution in [0.25, 0.3) is 0 Å². The molecule has 0 bridgehead atoms. The summed E-state index contributed by atoms with van der Waals surface area (Å²) in [7, 11) is -5.59. The standard InChI is InChI=1S/2C4H4BF6O3.Mg/c2*6-3(7,8)1-13-5(12)14-2-4(9,10)11;/h2*1-2H2;/q2*-1;+2. The normalized spacial score (nSPS) is 12.6. The van der Waals surface area contributed by atoms with Crippen LogP contribution in [-0.2, 0) is 18.6 Å². The number of hydrogen-bond donors (Lipinski definition) is 0. The fraction of sp³-hybridized carbons (Fsp3) is 1.00. The third-order valence-electron chi connectivity index (χ3n) is 1.53. The molecule has 0 aromatic rings. The topological polar surface area (TPSA) is 83.0 Å². The molecule has 0 N–H and O–H groups in total. The van der Waals surface area contributed by atoms with E-state index in [0.717, 1.165) is 0 Å². The van der Waals surface area contributed by atoms with Crippen molar-refractivity contribution in [2.24, 2.45) is 0 Å². The molecule has 0 spiro atoms. The van der Waals surface area contributed by atoms with Crippen LogP contribution in [0.15, 0.2) is 0 Å². The van der Waals surface area contributed by atoms with Crippen molar-refractivity contribution in [1.29, 1.82) is 0 Å². The molecule has 0 heterocycles. The minimum absolute atomic E-state index is 0. The summed E-state index contributed by atoms with van der Waals surface area (Å²) < 4.78 is 150. The Morgan fingerprint density at radius 3 is 0.690 bits per heavy atom. The van der Waals surface area contributed by atoms with E-state index in [2.05, 4.69) is 18.6 Å². The van der Waals surface area contributed by atoms with E-state index in [1.807, 2.05) is 0 Å². The Hall–Kier alpha value is -0.184. The zero-order valence-corrected chi connectivity index (χ0v) is 15.1. The van der Waals surface area contributed by atoms with Crippen LogP contribution in [0, 0.1) is 0 Å². The number of alkyl halides is 12. The largest absolute Gasteiger partial charge is 2.00 e. The second-order valence-corrected chi connectivity index (χ2v) is 4.28. The van der Waals surface area contributed by atoms with Crippen molar-refractivity contribution in [2.75, 3.05) is 26.4 Å². The predicted octanol–water partition coefficient (Wildman–Crippen LogP) is 0.598. The Bertz CT molecular complexity index is 343. The SMILES string of the molecule is [Mg+2].[O-]B(OCC(F)(F)F)OCC(F)(F)F.[O-]B(OCC(F)(F)F)OCC(F)(F)F. The molecular formula is C8H8B2F12MgO6. The van der Waals surface area contributed by atoms with Crippen molar-refractivity contribution in [3.63, 3.8) is 0 Å². The van der Waals surface area contributed by atoms with Crippen LogP contribution in [0.2, 0.25) is 0 Å². The first-order valence-corrected chi connectivity index (χ1v) is 6.25. The van der Waals surface area contributed by atoms with E-state index in [-0.39, 0.29) is 23.1 Å². The Labute approximate surface area is 170 Å². The molecule has 0 aliphatic rings. The van der Waals surface area contributed by atoms with Gasteiger partial charge in [0.05, 0.1) is 0 Å². The van der Waals surface area contributed by atoms with Gasteiger partial charge in [-0.15, -0.1) is 0 Å². The molecule has 0 radical (unpaired) electrons. The summed E-state index contributed by atoms with van der Waals surface area (Å²) in [5.41, 5.74) is 0. The van der Waals surface area contributed by atoms with Crippen LogP contribution in [0.3, 0.4) is 0 Å². The van der Waals surface area contributed by atoms with Crippen molar-refractivity contribution in [3.8, 4) is 0 Å². The molecule has 0 fully saturated rings. The van der Waals surface area contributed by atoms with Crippen LogP contribution >= 0.6 is 0 Å². The Kier molecular flexibility index (Phi) is 16.1. The molecule has 29 heavy (non-hydrogen) atoms. The molecule has 0 aliphatic carbocycles. The van der Waals surface area contributed by atoms with Gasteiger partial charge in [-0.05, 0) is 0 Å². The van der Waals surface area contributed by atoms with Gasteiger partial charge in [0.2, 0.25) is 0 Å². The number of rotatable bonds is 8. The first kappa shape index (κ1) is 33.5. The molecule has 0 aromatic carbocycles. The van der Waals surface area contributed by atoms with Gasteiger partial charge in [-0.25, -0.2) is 0 Å². The van der Waals surface area contributed by atoms with Crippen molar-refractivity contribution < 1.29 is 81.4 Å². The molecular weight excluding hydrogens is 466 g/mol. The molecule has 0 aromatic heterocycles. The summed E-state index contributed by atoms with van der Waals surface area (Å²) in [6.07, 6.45) is -19.1. The molecule has 0 aliphatic heterocycles. The van der Waals surface area contributed by atoms with Crippen molar-refractivity contribution in [1.82, 2.24) is 0 Å². The van der Waals surface area contributed by atoms with E-state index in [1.165, 1.54) is 0 Å². The predicted molar refractivity (Wildman–Crippen MR) is 65.3 cm³/mol. The summed E-state index contributed by atoms with van der Waals surface area (Å²) in [5.74, 6) is 0. The summed E-state index contributed by atoms with van der Waals surface area (Å²) >= 11 is 0. The molecule has 6 nitrogen and oxygen atoms in total. The quantitative estimate of drug-likeness (QED) is 0.379. The first-order chi connectivity index (χ1) is 12.2. The monoisotopic (exact) mass is 474 g/mol. The second-order valence-electron chi connectivity index (χ2n) is 4.28. The maximum absolute atomic E-state index is 11.3. The van der Waals surface area contributed by atoms with Gasteiger partial charge in [-0.3, -0.25) is 0 Å². The Morgan fingerprint density at radius 1 is 0.448 bits per heavy atom. The van der Waals surface area contributed by atoms with Gasteiger partial charge in [0.25, 0.3) is 0 Å². The fourth-order valence-electron chi connectivity index (χ4n) is 0.746. The average Bonchev–Trinajstić information content (AvgIpc) is 2.44. The summed E-state index contributed by atoms with van der Waals surface area (Å²) in [6, 6.07) is 0. The molecule has 0 saturated carbocycles. The average molecular weight is 474 g/mol.